The second-order valence-corrected chi connectivity index (χ2v) is 8.48. The maximum Gasteiger partial charge on any atom is 0.243 e. The SMILES string of the molecule is COc1cccc(NNC(=O)[C@H]2CC(=O)N(c3ccc(C)cc3)C2)c1OCc1ccccc1Cl. The molecule has 4 rings (SSSR count). The molecule has 2 amide bonds. The van der Waals surface area contributed by atoms with E-state index in [1.165, 1.54) is 0 Å². The van der Waals surface area contributed by atoms with Crippen LogP contribution in [0, 0.1) is 12.8 Å². The van der Waals surface area contributed by atoms with Crippen molar-refractivity contribution in [3.8, 4) is 11.5 Å². The molecule has 0 bridgehead atoms. The molecule has 34 heavy (non-hydrogen) atoms. The van der Waals surface area contributed by atoms with Crippen LogP contribution in [0.15, 0.2) is 66.7 Å². The second-order valence-electron chi connectivity index (χ2n) is 8.07. The molecule has 3 aromatic carbocycles. The number of nitrogens with zero attached hydrogens (tertiary/aromatic N) is 1. The van der Waals surface area contributed by atoms with Gasteiger partial charge < -0.3 is 14.4 Å². The van der Waals surface area contributed by atoms with Crippen LogP contribution in [-0.4, -0.2) is 25.5 Å². The molecule has 1 aliphatic heterocycles. The van der Waals surface area contributed by atoms with Crippen molar-refractivity contribution in [1.82, 2.24) is 5.43 Å². The largest absolute Gasteiger partial charge is 0.493 e. The van der Waals surface area contributed by atoms with E-state index in [9.17, 15) is 9.59 Å². The summed E-state index contributed by atoms with van der Waals surface area (Å²) >= 11 is 6.24. The number of rotatable bonds is 8. The van der Waals surface area contributed by atoms with Crippen molar-refractivity contribution in [3.05, 3.63) is 82.9 Å². The first-order valence-electron chi connectivity index (χ1n) is 10.9. The first-order valence-corrected chi connectivity index (χ1v) is 11.3. The van der Waals surface area contributed by atoms with Crippen molar-refractivity contribution < 1.29 is 19.1 Å². The highest BCUT2D eigenvalue weighted by atomic mass is 35.5. The summed E-state index contributed by atoms with van der Waals surface area (Å²) in [5, 5.41) is 0.601. The Bertz CT molecular complexity index is 1180. The summed E-state index contributed by atoms with van der Waals surface area (Å²) < 4.78 is 11.4. The lowest BCUT2D eigenvalue weighted by Crippen LogP contribution is -2.36. The van der Waals surface area contributed by atoms with Gasteiger partial charge in [0.2, 0.25) is 11.8 Å². The van der Waals surface area contributed by atoms with Gasteiger partial charge in [0.1, 0.15) is 6.61 Å². The Morgan fingerprint density at radius 3 is 2.59 bits per heavy atom. The summed E-state index contributed by atoms with van der Waals surface area (Å²) in [6, 6.07) is 20.4. The number of carbonyl (C=O) groups is 2. The number of methoxy groups -OCH3 is 1. The van der Waals surface area contributed by atoms with Gasteiger partial charge in [-0.05, 0) is 37.3 Å². The maximum absolute atomic E-state index is 12.8. The molecule has 1 heterocycles. The number of aryl methyl sites for hydroxylation is 1. The van der Waals surface area contributed by atoms with Crippen LogP contribution in [0.3, 0.4) is 0 Å². The molecule has 3 aromatic rings. The van der Waals surface area contributed by atoms with E-state index in [0.29, 0.717) is 28.8 Å². The van der Waals surface area contributed by atoms with Crippen LogP contribution >= 0.6 is 11.6 Å². The molecule has 7 nitrogen and oxygen atoms in total. The number of para-hydroxylation sites is 1. The zero-order chi connectivity index (χ0) is 24.1. The molecule has 176 valence electrons. The Labute approximate surface area is 203 Å². The fourth-order valence-electron chi connectivity index (χ4n) is 3.78. The summed E-state index contributed by atoms with van der Waals surface area (Å²) in [6.45, 7) is 2.54. The van der Waals surface area contributed by atoms with Crippen LogP contribution < -0.4 is 25.2 Å². The molecule has 1 atom stereocenters. The van der Waals surface area contributed by atoms with Gasteiger partial charge in [0, 0.05) is 29.2 Å². The summed E-state index contributed by atoms with van der Waals surface area (Å²) in [7, 11) is 1.55. The third kappa shape index (κ3) is 5.26. The zero-order valence-electron chi connectivity index (χ0n) is 19.0. The van der Waals surface area contributed by atoms with Gasteiger partial charge >= 0.3 is 0 Å². The highest BCUT2D eigenvalue weighted by molar-refractivity contribution is 6.31. The number of amides is 2. The fraction of sp³-hybridized carbons (Fsp3) is 0.231. The summed E-state index contributed by atoms with van der Waals surface area (Å²) in [4.78, 5) is 27.0. The molecule has 1 saturated heterocycles. The minimum atomic E-state index is -0.473. The lowest BCUT2D eigenvalue weighted by molar-refractivity contribution is -0.125. The van der Waals surface area contributed by atoms with Crippen molar-refractivity contribution >= 4 is 34.8 Å². The lowest BCUT2D eigenvalue weighted by atomic mass is 10.1. The van der Waals surface area contributed by atoms with Gasteiger partial charge in [0.15, 0.2) is 11.5 Å². The van der Waals surface area contributed by atoms with E-state index in [1.807, 2.05) is 49.4 Å². The van der Waals surface area contributed by atoms with Crippen molar-refractivity contribution in [3.63, 3.8) is 0 Å². The first kappa shape index (κ1) is 23.4. The van der Waals surface area contributed by atoms with Crippen LogP contribution in [0.2, 0.25) is 5.02 Å². The number of hydrogen-bond donors (Lipinski definition) is 2. The van der Waals surface area contributed by atoms with Gasteiger partial charge in [0.05, 0.1) is 18.7 Å². The molecule has 0 aromatic heterocycles. The molecule has 0 spiro atoms. The topological polar surface area (TPSA) is 79.9 Å². The number of halogens is 1. The molecular formula is C26H26ClN3O4. The molecule has 0 unspecified atom stereocenters. The van der Waals surface area contributed by atoms with Crippen LogP contribution in [0.1, 0.15) is 17.5 Å². The minimum absolute atomic E-state index is 0.0749. The average Bonchev–Trinajstić information content (AvgIpc) is 3.24. The van der Waals surface area contributed by atoms with Crippen LogP contribution in [0.5, 0.6) is 11.5 Å². The van der Waals surface area contributed by atoms with Gasteiger partial charge in [-0.3, -0.25) is 20.4 Å². The quantitative estimate of drug-likeness (QED) is 0.456. The molecule has 8 heteroatoms. The minimum Gasteiger partial charge on any atom is -0.493 e. The third-order valence-electron chi connectivity index (χ3n) is 5.69. The molecule has 0 saturated carbocycles. The monoisotopic (exact) mass is 479 g/mol. The molecule has 1 aliphatic rings. The van der Waals surface area contributed by atoms with E-state index in [2.05, 4.69) is 10.9 Å². The Balaban J connectivity index is 1.42. The van der Waals surface area contributed by atoms with Gasteiger partial charge in [0.25, 0.3) is 0 Å². The maximum atomic E-state index is 12.8. The predicted molar refractivity (Wildman–Crippen MR) is 132 cm³/mol. The van der Waals surface area contributed by atoms with Gasteiger partial charge in [-0.25, -0.2) is 0 Å². The van der Waals surface area contributed by atoms with E-state index in [4.69, 9.17) is 21.1 Å². The second kappa shape index (κ2) is 10.5. The molecule has 1 fully saturated rings. The first-order chi connectivity index (χ1) is 16.5. The standard InChI is InChI=1S/C26H26ClN3O4/c1-17-10-12-20(13-11-17)30-15-19(14-24(30)31)26(32)29-28-22-8-5-9-23(33-2)25(22)34-16-18-6-3-4-7-21(18)27/h3-13,19,28H,14-16H2,1-2H3,(H,29,32)/t19-/m0/s1. The highest BCUT2D eigenvalue weighted by Gasteiger charge is 2.35. The van der Waals surface area contributed by atoms with Crippen molar-refractivity contribution in [2.75, 3.05) is 24.0 Å². The summed E-state index contributed by atoms with van der Waals surface area (Å²) in [5.41, 5.74) is 8.90. The number of carbonyl (C=O) groups excluding carboxylic acids is 2. The Morgan fingerprint density at radius 2 is 1.85 bits per heavy atom. The van der Waals surface area contributed by atoms with Crippen LogP contribution in [0.4, 0.5) is 11.4 Å². The summed E-state index contributed by atoms with van der Waals surface area (Å²) in [5.74, 6) is 0.123. The van der Waals surface area contributed by atoms with Gasteiger partial charge in [-0.1, -0.05) is 53.6 Å². The van der Waals surface area contributed by atoms with E-state index >= 15 is 0 Å². The van der Waals surface area contributed by atoms with E-state index in [1.54, 1.807) is 36.3 Å². The van der Waals surface area contributed by atoms with Crippen molar-refractivity contribution in [2.45, 2.75) is 20.0 Å². The van der Waals surface area contributed by atoms with Crippen molar-refractivity contribution in [1.29, 1.82) is 0 Å². The van der Waals surface area contributed by atoms with Crippen LogP contribution in [-0.2, 0) is 16.2 Å². The number of hydrazine groups is 1. The van der Waals surface area contributed by atoms with Gasteiger partial charge in [-0.15, -0.1) is 0 Å². The van der Waals surface area contributed by atoms with Crippen molar-refractivity contribution in [2.24, 2.45) is 5.92 Å². The molecule has 0 radical (unpaired) electrons. The van der Waals surface area contributed by atoms with E-state index < -0.39 is 5.92 Å². The molecule has 2 N–H and O–H groups in total. The average molecular weight is 480 g/mol. The Morgan fingerprint density at radius 1 is 1.09 bits per heavy atom. The molecule has 0 aliphatic carbocycles. The number of ether oxygens (including phenoxy) is 2. The molecular weight excluding hydrogens is 454 g/mol. The third-order valence-corrected chi connectivity index (χ3v) is 6.06. The fourth-order valence-corrected chi connectivity index (χ4v) is 3.97. The number of anilines is 2. The predicted octanol–water partition coefficient (Wildman–Crippen LogP) is 4.73. The normalized spacial score (nSPS) is 15.2. The Hall–Kier alpha value is -3.71. The van der Waals surface area contributed by atoms with Crippen LogP contribution in [0.25, 0.3) is 0 Å². The Kier molecular flexibility index (Phi) is 7.23. The van der Waals surface area contributed by atoms with Gasteiger partial charge in [-0.2, -0.15) is 0 Å². The summed E-state index contributed by atoms with van der Waals surface area (Å²) in [6.07, 6.45) is 0.148. The zero-order valence-corrected chi connectivity index (χ0v) is 19.8. The van der Waals surface area contributed by atoms with E-state index in [0.717, 1.165) is 16.8 Å². The smallest absolute Gasteiger partial charge is 0.243 e. The number of hydrogen-bond acceptors (Lipinski definition) is 5. The van der Waals surface area contributed by atoms with E-state index in [-0.39, 0.29) is 24.8 Å². The number of nitrogens with one attached hydrogen (secondary N) is 2. The highest BCUT2D eigenvalue weighted by Crippen LogP contribution is 2.36. The number of benzene rings is 3. The lowest BCUT2D eigenvalue weighted by Gasteiger charge is -2.19.